The van der Waals surface area contributed by atoms with E-state index in [1.54, 1.807) is 35.2 Å². The van der Waals surface area contributed by atoms with Crippen molar-refractivity contribution in [1.82, 2.24) is 10.2 Å². The predicted octanol–water partition coefficient (Wildman–Crippen LogP) is 6.69. The summed E-state index contributed by atoms with van der Waals surface area (Å²) in [4.78, 5) is 28.6. The van der Waals surface area contributed by atoms with Crippen LogP contribution in [0, 0.1) is 0 Å². The van der Waals surface area contributed by atoms with Crippen molar-refractivity contribution in [3.8, 4) is 5.75 Å². The van der Waals surface area contributed by atoms with E-state index in [4.69, 9.17) is 27.9 Å². The zero-order valence-corrected chi connectivity index (χ0v) is 23.2. The van der Waals surface area contributed by atoms with E-state index < -0.39 is 6.04 Å². The van der Waals surface area contributed by atoms with Crippen molar-refractivity contribution >= 4 is 50.9 Å². The number of nitrogens with one attached hydrogen (secondary N) is 1. The van der Waals surface area contributed by atoms with Crippen molar-refractivity contribution in [3.05, 3.63) is 98.4 Å². The van der Waals surface area contributed by atoms with Gasteiger partial charge < -0.3 is 15.0 Å². The fourth-order valence-electron chi connectivity index (χ4n) is 3.71. The SMILES string of the molecule is CCCCNC(=O)[C@@H](Cc1ccccc1)N(Cc1cccc(Cl)c1)C(=O)COc1ccc(Cl)cc1Br. The highest BCUT2D eigenvalue weighted by molar-refractivity contribution is 9.10. The number of hydrogen-bond acceptors (Lipinski definition) is 3. The largest absolute Gasteiger partial charge is 0.483 e. The van der Waals surface area contributed by atoms with Gasteiger partial charge in [-0.15, -0.1) is 0 Å². The molecule has 0 bridgehead atoms. The molecule has 3 aromatic carbocycles. The molecule has 0 aromatic heterocycles. The topological polar surface area (TPSA) is 58.6 Å². The van der Waals surface area contributed by atoms with Crippen molar-refractivity contribution in [3.63, 3.8) is 0 Å². The highest BCUT2D eigenvalue weighted by Crippen LogP contribution is 2.28. The summed E-state index contributed by atoms with van der Waals surface area (Å²) < 4.78 is 6.46. The molecule has 1 N–H and O–H groups in total. The minimum atomic E-state index is -0.729. The van der Waals surface area contributed by atoms with Crippen LogP contribution in [0.15, 0.2) is 77.3 Å². The molecule has 3 rings (SSSR count). The van der Waals surface area contributed by atoms with E-state index in [0.717, 1.165) is 24.0 Å². The van der Waals surface area contributed by atoms with Gasteiger partial charge in [0.2, 0.25) is 5.91 Å². The molecule has 190 valence electrons. The number of benzene rings is 3. The van der Waals surface area contributed by atoms with Crippen LogP contribution in [0.2, 0.25) is 10.0 Å². The number of ether oxygens (including phenoxy) is 1. The lowest BCUT2D eigenvalue weighted by atomic mass is 10.0. The first-order chi connectivity index (χ1) is 17.4. The zero-order chi connectivity index (χ0) is 25.9. The fourth-order valence-corrected chi connectivity index (χ4v) is 4.72. The summed E-state index contributed by atoms with van der Waals surface area (Å²) in [6.45, 7) is 2.58. The Bertz CT molecular complexity index is 1160. The average Bonchev–Trinajstić information content (AvgIpc) is 2.86. The summed E-state index contributed by atoms with van der Waals surface area (Å²) in [6, 6.07) is 21.3. The molecule has 3 aromatic rings. The molecule has 0 aliphatic heterocycles. The molecule has 0 fully saturated rings. The van der Waals surface area contributed by atoms with E-state index in [-0.39, 0.29) is 25.0 Å². The Labute approximate surface area is 230 Å². The Hall–Kier alpha value is -2.54. The minimum Gasteiger partial charge on any atom is -0.483 e. The lowest BCUT2D eigenvalue weighted by Crippen LogP contribution is -2.51. The Morgan fingerprint density at radius 3 is 2.39 bits per heavy atom. The second-order valence-corrected chi connectivity index (χ2v) is 10.1. The molecular weight excluding hydrogens is 563 g/mol. The van der Waals surface area contributed by atoms with Gasteiger partial charge in [0.1, 0.15) is 11.8 Å². The molecule has 0 heterocycles. The third-order valence-electron chi connectivity index (χ3n) is 5.59. The summed E-state index contributed by atoms with van der Waals surface area (Å²) in [5, 5.41) is 4.12. The minimum absolute atomic E-state index is 0.199. The maximum absolute atomic E-state index is 13.6. The highest BCUT2D eigenvalue weighted by Gasteiger charge is 2.30. The van der Waals surface area contributed by atoms with Gasteiger partial charge in [-0.3, -0.25) is 9.59 Å². The number of nitrogens with zero attached hydrogens (tertiary/aromatic N) is 1. The van der Waals surface area contributed by atoms with Crippen LogP contribution in [0.1, 0.15) is 30.9 Å². The molecule has 2 amide bonds. The van der Waals surface area contributed by atoms with E-state index in [1.165, 1.54) is 0 Å². The van der Waals surface area contributed by atoms with Crippen LogP contribution < -0.4 is 10.1 Å². The van der Waals surface area contributed by atoms with Gasteiger partial charge in [0, 0.05) is 29.6 Å². The molecule has 0 saturated heterocycles. The molecule has 8 heteroatoms. The Balaban J connectivity index is 1.89. The summed E-state index contributed by atoms with van der Waals surface area (Å²) >= 11 is 15.6. The van der Waals surface area contributed by atoms with Crippen molar-refractivity contribution < 1.29 is 14.3 Å². The van der Waals surface area contributed by atoms with Gasteiger partial charge in [-0.2, -0.15) is 0 Å². The normalized spacial score (nSPS) is 11.6. The molecular formula is C28H29BrCl2N2O3. The fraction of sp³-hybridized carbons (Fsp3) is 0.286. The van der Waals surface area contributed by atoms with Crippen molar-refractivity contribution in [1.29, 1.82) is 0 Å². The maximum Gasteiger partial charge on any atom is 0.261 e. The maximum atomic E-state index is 13.6. The number of halogens is 3. The zero-order valence-electron chi connectivity index (χ0n) is 20.1. The average molecular weight is 592 g/mol. The first-order valence-electron chi connectivity index (χ1n) is 11.8. The summed E-state index contributed by atoms with van der Waals surface area (Å²) in [6.07, 6.45) is 2.19. The summed E-state index contributed by atoms with van der Waals surface area (Å²) in [7, 11) is 0. The molecule has 36 heavy (non-hydrogen) atoms. The third-order valence-corrected chi connectivity index (χ3v) is 6.68. The lowest BCUT2D eigenvalue weighted by Gasteiger charge is -2.31. The quantitative estimate of drug-likeness (QED) is 0.239. The monoisotopic (exact) mass is 590 g/mol. The number of unbranched alkanes of at least 4 members (excludes halogenated alkanes) is 1. The third kappa shape index (κ3) is 8.54. The number of hydrogen-bond donors (Lipinski definition) is 1. The van der Waals surface area contributed by atoms with Crippen LogP contribution in [0.5, 0.6) is 5.75 Å². The van der Waals surface area contributed by atoms with Crippen molar-refractivity contribution in [2.24, 2.45) is 0 Å². The first-order valence-corrected chi connectivity index (χ1v) is 13.4. The molecule has 0 aliphatic rings. The van der Waals surface area contributed by atoms with Gasteiger partial charge >= 0.3 is 0 Å². The smallest absolute Gasteiger partial charge is 0.261 e. The van der Waals surface area contributed by atoms with Gasteiger partial charge in [-0.1, -0.05) is 79.0 Å². The molecule has 1 atom stereocenters. The van der Waals surface area contributed by atoms with Gasteiger partial charge in [0.25, 0.3) is 5.91 Å². The van der Waals surface area contributed by atoms with Gasteiger partial charge in [-0.05, 0) is 63.8 Å². The van der Waals surface area contributed by atoms with Crippen molar-refractivity contribution in [2.75, 3.05) is 13.2 Å². The number of carbonyl (C=O) groups excluding carboxylic acids is 2. The Morgan fingerprint density at radius 1 is 0.972 bits per heavy atom. The molecule has 0 spiro atoms. The molecule has 0 aliphatic carbocycles. The molecule has 5 nitrogen and oxygen atoms in total. The number of amides is 2. The van der Waals surface area contributed by atoms with E-state index in [1.807, 2.05) is 42.5 Å². The van der Waals surface area contributed by atoms with Gasteiger partial charge in [-0.25, -0.2) is 0 Å². The van der Waals surface area contributed by atoms with Crippen LogP contribution in [0.25, 0.3) is 0 Å². The van der Waals surface area contributed by atoms with Gasteiger partial charge in [0.15, 0.2) is 6.61 Å². The molecule has 0 unspecified atom stereocenters. The van der Waals surface area contributed by atoms with E-state index in [9.17, 15) is 9.59 Å². The Morgan fingerprint density at radius 2 is 1.69 bits per heavy atom. The first kappa shape index (κ1) is 28.0. The highest BCUT2D eigenvalue weighted by atomic mass is 79.9. The molecule has 0 saturated carbocycles. The summed E-state index contributed by atoms with van der Waals surface area (Å²) in [5.41, 5.74) is 1.78. The van der Waals surface area contributed by atoms with Crippen molar-refractivity contribution in [2.45, 2.75) is 38.8 Å². The van der Waals surface area contributed by atoms with E-state index >= 15 is 0 Å². The predicted molar refractivity (Wildman–Crippen MR) is 149 cm³/mol. The second kappa shape index (κ2) is 14.3. The number of rotatable bonds is 12. The summed E-state index contributed by atoms with van der Waals surface area (Å²) in [5.74, 6) is -0.0267. The van der Waals surface area contributed by atoms with Crippen LogP contribution in [-0.2, 0) is 22.6 Å². The van der Waals surface area contributed by atoms with Crippen LogP contribution >= 0.6 is 39.1 Å². The lowest BCUT2D eigenvalue weighted by molar-refractivity contribution is -0.142. The van der Waals surface area contributed by atoms with Gasteiger partial charge in [0.05, 0.1) is 4.47 Å². The number of carbonyl (C=O) groups is 2. The Kier molecular flexibility index (Phi) is 11.1. The van der Waals surface area contributed by atoms with Crippen LogP contribution in [0.4, 0.5) is 0 Å². The molecule has 0 radical (unpaired) electrons. The second-order valence-electron chi connectivity index (χ2n) is 8.37. The van der Waals surface area contributed by atoms with Crippen LogP contribution in [0.3, 0.4) is 0 Å². The van der Waals surface area contributed by atoms with Crippen LogP contribution in [-0.4, -0.2) is 35.9 Å². The standard InChI is InChI=1S/C28H29BrCl2N2O3/c1-2-3-14-32-28(35)25(16-20-8-5-4-6-9-20)33(18-21-10-7-11-22(30)15-21)27(34)19-36-26-13-12-23(31)17-24(26)29/h4-13,15,17,25H,2-3,14,16,18-19H2,1H3,(H,32,35)/t25-/m1/s1. The van der Waals surface area contributed by atoms with E-state index in [2.05, 4.69) is 28.2 Å². The van der Waals surface area contributed by atoms with E-state index in [0.29, 0.717) is 33.2 Å².